The van der Waals surface area contributed by atoms with Crippen molar-refractivity contribution in [2.24, 2.45) is 16.9 Å². The van der Waals surface area contributed by atoms with Crippen LogP contribution in [0.2, 0.25) is 0 Å². The smallest absolute Gasteiger partial charge is 0.308 e. The molecule has 0 aliphatic carbocycles. The van der Waals surface area contributed by atoms with Crippen LogP contribution in [0.1, 0.15) is 17.3 Å². The van der Waals surface area contributed by atoms with E-state index < -0.39 is 35.8 Å². The zero-order valence-corrected chi connectivity index (χ0v) is 17.1. The monoisotopic (exact) mass is 429 g/mol. The second kappa shape index (κ2) is 7.56. The molecule has 4 atom stereocenters. The summed E-state index contributed by atoms with van der Waals surface area (Å²) in [5.74, 6) is -2.78. The molecule has 2 fully saturated rings. The number of Topliss-reactive ketones (excluding diaryl/α,β-unsaturated/α-hetero) is 1. The highest BCUT2D eigenvalue weighted by molar-refractivity contribution is 6.24. The molecule has 160 valence electrons. The van der Waals surface area contributed by atoms with Gasteiger partial charge in [-0.1, -0.05) is 36.4 Å². The third-order valence-corrected chi connectivity index (χ3v) is 5.97. The minimum Gasteiger partial charge on any atom is -0.427 e. The van der Waals surface area contributed by atoms with Crippen molar-refractivity contribution in [3.63, 3.8) is 0 Å². The highest BCUT2D eigenvalue weighted by Gasteiger charge is 2.64. The van der Waals surface area contributed by atoms with E-state index in [4.69, 9.17) is 4.74 Å². The Balaban J connectivity index is 1.52. The first-order valence-corrected chi connectivity index (χ1v) is 10.2. The molecule has 0 radical (unpaired) electrons. The van der Waals surface area contributed by atoms with Crippen LogP contribution in [-0.4, -0.2) is 46.9 Å². The molecular formula is C24H19N3O5. The lowest BCUT2D eigenvalue weighted by molar-refractivity contribution is -0.132. The Morgan fingerprint density at radius 3 is 2.31 bits per heavy atom. The summed E-state index contributed by atoms with van der Waals surface area (Å²) in [5, 5.41) is 5.92. The van der Waals surface area contributed by atoms with E-state index in [-0.39, 0.29) is 11.7 Å². The number of allylic oxidation sites excluding steroid dienone is 1. The number of fused-ring (bicyclic) bond motifs is 3. The molecule has 5 rings (SSSR count). The topological polar surface area (TPSA) is 96.3 Å². The maximum Gasteiger partial charge on any atom is 0.308 e. The third kappa shape index (κ3) is 3.03. The van der Waals surface area contributed by atoms with Crippen molar-refractivity contribution in [3.05, 3.63) is 72.3 Å². The molecule has 2 saturated heterocycles. The summed E-state index contributed by atoms with van der Waals surface area (Å²) in [5.41, 5.74) is 0.831. The normalized spacial score (nSPS) is 25.7. The van der Waals surface area contributed by atoms with Crippen LogP contribution < -0.4 is 9.64 Å². The van der Waals surface area contributed by atoms with E-state index >= 15 is 0 Å². The molecule has 0 saturated carbocycles. The van der Waals surface area contributed by atoms with Gasteiger partial charge in [-0.05, 0) is 30.3 Å². The fraction of sp³-hybridized carbons (Fsp3) is 0.208. The van der Waals surface area contributed by atoms with Gasteiger partial charge < -0.3 is 4.74 Å². The first-order valence-electron chi connectivity index (χ1n) is 10.2. The second-order valence-corrected chi connectivity index (χ2v) is 7.85. The minimum absolute atomic E-state index is 0.247. The average Bonchev–Trinajstić information content (AvgIpc) is 3.27. The van der Waals surface area contributed by atoms with Gasteiger partial charge in [0.05, 0.1) is 23.6 Å². The van der Waals surface area contributed by atoms with Gasteiger partial charge >= 0.3 is 5.97 Å². The predicted molar refractivity (Wildman–Crippen MR) is 115 cm³/mol. The number of ketones is 1. The Labute approximate surface area is 183 Å². The first kappa shape index (κ1) is 19.9. The number of hydrogen-bond donors (Lipinski definition) is 0. The molecule has 0 bridgehead atoms. The number of carbonyl (C=O) groups excluding carboxylic acids is 4. The number of imide groups is 1. The molecule has 32 heavy (non-hydrogen) atoms. The minimum atomic E-state index is -0.879. The molecule has 0 N–H and O–H groups in total. The van der Waals surface area contributed by atoms with Gasteiger partial charge in [-0.15, -0.1) is 0 Å². The Kier molecular flexibility index (Phi) is 4.70. The summed E-state index contributed by atoms with van der Waals surface area (Å²) in [6.45, 7) is 1.29. The highest BCUT2D eigenvalue weighted by Crippen LogP contribution is 2.46. The summed E-state index contributed by atoms with van der Waals surface area (Å²) < 4.78 is 5.02. The Hall–Kier alpha value is -4.07. The van der Waals surface area contributed by atoms with Crippen LogP contribution in [-0.2, 0) is 14.4 Å². The Bertz CT molecular complexity index is 1170. The third-order valence-electron chi connectivity index (χ3n) is 5.97. The van der Waals surface area contributed by atoms with E-state index in [0.717, 1.165) is 4.90 Å². The molecule has 0 aromatic heterocycles. The number of ether oxygens (including phenoxy) is 1. The van der Waals surface area contributed by atoms with Gasteiger partial charge in [-0.2, -0.15) is 5.10 Å². The number of esters is 1. The highest BCUT2D eigenvalue weighted by atomic mass is 16.5. The number of rotatable bonds is 4. The molecule has 8 nitrogen and oxygen atoms in total. The fourth-order valence-corrected chi connectivity index (χ4v) is 4.69. The fourth-order valence-electron chi connectivity index (χ4n) is 4.69. The molecular weight excluding hydrogens is 410 g/mol. The Morgan fingerprint density at radius 1 is 0.938 bits per heavy atom. The van der Waals surface area contributed by atoms with Gasteiger partial charge in [0.25, 0.3) is 0 Å². The van der Waals surface area contributed by atoms with E-state index in [2.05, 4.69) is 5.10 Å². The number of hydrazone groups is 1. The maximum absolute atomic E-state index is 13.5. The van der Waals surface area contributed by atoms with Gasteiger partial charge in [-0.25, -0.2) is 4.90 Å². The SMILES string of the molecule is CC(=O)Oc1ccc(N2C(=O)[C@H]3[C@@H](C2=O)C2C=CC=NN2[C@H]3C(=O)c2ccccc2)cc1. The zero-order valence-electron chi connectivity index (χ0n) is 17.1. The molecule has 3 aliphatic rings. The standard InChI is InChI=1S/C24H19N3O5/c1-14(28)32-17-11-9-16(10-12-17)26-23(30)19-18-8-5-13-25-27(18)21(20(19)24(26)31)22(29)15-6-3-2-4-7-15/h2-13,18-21H,1H3/t18?,19-,20-,21+/m0/s1. The van der Waals surface area contributed by atoms with Crippen molar-refractivity contribution >= 4 is 35.5 Å². The van der Waals surface area contributed by atoms with Crippen LogP contribution in [0.3, 0.4) is 0 Å². The second-order valence-electron chi connectivity index (χ2n) is 7.85. The summed E-state index contributed by atoms with van der Waals surface area (Å²) >= 11 is 0. The molecule has 8 heteroatoms. The molecule has 0 spiro atoms. The molecule has 2 aromatic rings. The van der Waals surface area contributed by atoms with Crippen molar-refractivity contribution in [1.82, 2.24) is 5.01 Å². The van der Waals surface area contributed by atoms with Crippen LogP contribution in [0, 0.1) is 11.8 Å². The average molecular weight is 429 g/mol. The summed E-state index contributed by atoms with van der Waals surface area (Å²) in [7, 11) is 0. The van der Waals surface area contributed by atoms with Crippen LogP contribution in [0.5, 0.6) is 5.75 Å². The molecule has 2 aromatic carbocycles. The van der Waals surface area contributed by atoms with E-state index in [0.29, 0.717) is 17.0 Å². The van der Waals surface area contributed by atoms with Gasteiger partial charge in [0.2, 0.25) is 11.8 Å². The number of hydrogen-bond acceptors (Lipinski definition) is 7. The van der Waals surface area contributed by atoms with Crippen molar-refractivity contribution in [2.75, 3.05) is 4.90 Å². The van der Waals surface area contributed by atoms with Gasteiger partial charge in [0, 0.05) is 18.7 Å². The number of nitrogens with zero attached hydrogens (tertiary/aromatic N) is 3. The molecule has 3 heterocycles. The van der Waals surface area contributed by atoms with E-state index in [9.17, 15) is 19.2 Å². The molecule has 1 unspecified atom stereocenters. The quantitative estimate of drug-likeness (QED) is 0.320. The van der Waals surface area contributed by atoms with Crippen molar-refractivity contribution in [3.8, 4) is 5.75 Å². The summed E-state index contributed by atoms with van der Waals surface area (Å²) in [6, 6.07) is 13.5. The van der Waals surface area contributed by atoms with Crippen LogP contribution in [0.25, 0.3) is 0 Å². The van der Waals surface area contributed by atoms with Crippen molar-refractivity contribution in [2.45, 2.75) is 19.0 Å². The zero-order chi connectivity index (χ0) is 22.4. The van der Waals surface area contributed by atoms with E-state index in [1.54, 1.807) is 59.8 Å². The van der Waals surface area contributed by atoms with Gasteiger partial charge in [-0.3, -0.25) is 24.2 Å². The van der Waals surface area contributed by atoms with E-state index in [1.165, 1.54) is 19.1 Å². The number of carbonyl (C=O) groups is 4. The maximum atomic E-state index is 13.5. The predicted octanol–water partition coefficient (Wildman–Crippen LogP) is 2.21. The number of anilines is 1. The van der Waals surface area contributed by atoms with Gasteiger partial charge in [0.15, 0.2) is 5.78 Å². The van der Waals surface area contributed by atoms with E-state index in [1.807, 2.05) is 6.07 Å². The van der Waals surface area contributed by atoms with Crippen LogP contribution in [0.4, 0.5) is 5.69 Å². The lowest BCUT2D eigenvalue weighted by atomic mass is 9.86. The molecule has 2 amide bonds. The Morgan fingerprint density at radius 2 is 1.62 bits per heavy atom. The summed E-state index contributed by atoms with van der Waals surface area (Å²) in [6.07, 6.45) is 5.09. The number of amides is 2. The van der Waals surface area contributed by atoms with Crippen molar-refractivity contribution in [1.29, 1.82) is 0 Å². The largest absolute Gasteiger partial charge is 0.427 e. The summed E-state index contributed by atoms with van der Waals surface area (Å²) in [4.78, 5) is 52.6. The van der Waals surface area contributed by atoms with Crippen LogP contribution in [0.15, 0.2) is 71.9 Å². The van der Waals surface area contributed by atoms with Gasteiger partial charge in [0.1, 0.15) is 11.8 Å². The lowest BCUT2D eigenvalue weighted by Crippen LogP contribution is -2.46. The first-order chi connectivity index (χ1) is 15.5. The number of benzene rings is 2. The van der Waals surface area contributed by atoms with Crippen molar-refractivity contribution < 1.29 is 23.9 Å². The molecule has 3 aliphatic heterocycles. The van der Waals surface area contributed by atoms with Crippen LogP contribution >= 0.6 is 0 Å². The lowest BCUT2D eigenvalue weighted by Gasteiger charge is -2.30.